The molecule has 0 atom stereocenters. The third-order valence-electron chi connectivity index (χ3n) is 5.32. The zero-order valence-electron chi connectivity index (χ0n) is 17.0. The van der Waals surface area contributed by atoms with Gasteiger partial charge in [-0.15, -0.1) is 0 Å². The van der Waals surface area contributed by atoms with E-state index in [4.69, 9.17) is 9.72 Å². The molecule has 1 amide bonds. The van der Waals surface area contributed by atoms with E-state index in [-0.39, 0.29) is 12.4 Å². The maximum Gasteiger partial charge on any atom is 0.263 e. The van der Waals surface area contributed by atoms with Crippen molar-refractivity contribution in [1.29, 1.82) is 0 Å². The van der Waals surface area contributed by atoms with Crippen molar-refractivity contribution in [2.75, 3.05) is 11.9 Å². The van der Waals surface area contributed by atoms with Crippen LogP contribution in [0.5, 0.6) is 5.75 Å². The number of rotatable bonds is 5. The van der Waals surface area contributed by atoms with Gasteiger partial charge in [0.2, 0.25) is 5.13 Å². The van der Waals surface area contributed by atoms with Crippen LogP contribution in [0.2, 0.25) is 0 Å². The Bertz CT molecular complexity index is 1240. The van der Waals surface area contributed by atoms with E-state index in [1.165, 1.54) is 36.1 Å². The molecule has 8 heteroatoms. The standard InChI is InChI=1S/C23H21FN4O2S/c1-14-10-21(26-22(29)13-30-19-9-5-4-8-17(19)24)28(27-14)23-25-18-11-15-6-2-3-7-16(15)12-20(18)31-23/h4-5,8-12H,2-3,6-7,13H2,1H3,(H,26,29). The smallest absolute Gasteiger partial charge is 0.263 e. The van der Waals surface area contributed by atoms with Crippen molar-refractivity contribution in [1.82, 2.24) is 14.8 Å². The quantitative estimate of drug-likeness (QED) is 0.487. The van der Waals surface area contributed by atoms with E-state index in [1.807, 2.05) is 6.92 Å². The van der Waals surface area contributed by atoms with Crippen LogP contribution >= 0.6 is 11.3 Å². The number of para-hydroxylation sites is 1. The second kappa shape index (κ2) is 8.11. The van der Waals surface area contributed by atoms with Crippen molar-refractivity contribution in [3.63, 3.8) is 0 Å². The fourth-order valence-electron chi connectivity index (χ4n) is 3.85. The van der Waals surface area contributed by atoms with Gasteiger partial charge in [0.1, 0.15) is 5.82 Å². The molecular formula is C23H21FN4O2S. The minimum absolute atomic E-state index is 0.0393. The van der Waals surface area contributed by atoms with Crippen LogP contribution in [0.25, 0.3) is 15.3 Å². The molecule has 0 spiro atoms. The minimum Gasteiger partial charge on any atom is -0.481 e. The highest BCUT2D eigenvalue weighted by Crippen LogP contribution is 2.32. The molecule has 0 radical (unpaired) electrons. The van der Waals surface area contributed by atoms with Gasteiger partial charge in [0.25, 0.3) is 5.91 Å². The summed E-state index contributed by atoms with van der Waals surface area (Å²) < 4.78 is 21.7. The zero-order valence-corrected chi connectivity index (χ0v) is 17.8. The van der Waals surface area contributed by atoms with E-state index >= 15 is 0 Å². The normalized spacial score (nSPS) is 13.2. The Labute approximate surface area is 182 Å². The number of ether oxygens (including phenoxy) is 1. The summed E-state index contributed by atoms with van der Waals surface area (Å²) in [6, 6.07) is 12.2. The number of hydrogen-bond donors (Lipinski definition) is 1. The Hall–Kier alpha value is -3.26. The molecule has 2 heterocycles. The highest BCUT2D eigenvalue weighted by Gasteiger charge is 2.17. The molecule has 31 heavy (non-hydrogen) atoms. The van der Waals surface area contributed by atoms with Gasteiger partial charge in [0.15, 0.2) is 18.2 Å². The third-order valence-corrected chi connectivity index (χ3v) is 6.31. The average molecular weight is 437 g/mol. The van der Waals surface area contributed by atoms with Gasteiger partial charge >= 0.3 is 0 Å². The number of aryl methyl sites for hydroxylation is 3. The SMILES string of the molecule is Cc1cc(NC(=O)COc2ccccc2F)n(-c2nc3cc4c(cc3s2)CCCC4)n1. The Morgan fingerprint density at radius 2 is 1.97 bits per heavy atom. The first-order chi connectivity index (χ1) is 15.1. The molecule has 1 aliphatic carbocycles. The molecule has 158 valence electrons. The third kappa shape index (κ3) is 4.03. The summed E-state index contributed by atoms with van der Waals surface area (Å²) in [6.07, 6.45) is 4.66. The summed E-state index contributed by atoms with van der Waals surface area (Å²) >= 11 is 1.55. The number of anilines is 1. The van der Waals surface area contributed by atoms with Gasteiger partial charge in [-0.2, -0.15) is 9.78 Å². The molecule has 0 unspecified atom stereocenters. The Kier molecular flexibility index (Phi) is 5.15. The lowest BCUT2D eigenvalue weighted by Crippen LogP contribution is -2.22. The molecule has 4 aromatic rings. The number of benzene rings is 2. The maximum atomic E-state index is 13.7. The predicted molar refractivity (Wildman–Crippen MR) is 119 cm³/mol. The second-order valence-corrected chi connectivity index (χ2v) is 8.65. The van der Waals surface area contributed by atoms with Crippen molar-refractivity contribution >= 4 is 33.3 Å². The van der Waals surface area contributed by atoms with Gasteiger partial charge in [0, 0.05) is 6.07 Å². The van der Waals surface area contributed by atoms with E-state index in [0.717, 1.165) is 28.8 Å². The number of carbonyl (C=O) groups excluding carboxylic acids is 1. The summed E-state index contributed by atoms with van der Waals surface area (Å²) in [7, 11) is 0. The highest BCUT2D eigenvalue weighted by atomic mass is 32.1. The summed E-state index contributed by atoms with van der Waals surface area (Å²) in [5.41, 5.74) is 4.49. The Balaban J connectivity index is 1.37. The molecule has 1 N–H and O–H groups in total. The van der Waals surface area contributed by atoms with E-state index in [1.54, 1.807) is 34.2 Å². The molecule has 2 aromatic heterocycles. The van der Waals surface area contributed by atoms with Crippen LogP contribution in [0.3, 0.4) is 0 Å². The van der Waals surface area contributed by atoms with E-state index < -0.39 is 11.7 Å². The van der Waals surface area contributed by atoms with Crippen molar-refractivity contribution in [2.45, 2.75) is 32.6 Å². The lowest BCUT2D eigenvalue weighted by atomic mass is 9.92. The minimum atomic E-state index is -0.506. The van der Waals surface area contributed by atoms with Gasteiger partial charge in [0.05, 0.1) is 15.9 Å². The van der Waals surface area contributed by atoms with Crippen molar-refractivity contribution in [3.05, 3.63) is 65.1 Å². The fourth-order valence-corrected chi connectivity index (χ4v) is 4.83. The fraction of sp³-hybridized carbons (Fsp3) is 0.261. The van der Waals surface area contributed by atoms with Crippen LogP contribution in [0, 0.1) is 12.7 Å². The molecule has 0 saturated carbocycles. The summed E-state index contributed by atoms with van der Waals surface area (Å²) in [5, 5.41) is 8.00. The highest BCUT2D eigenvalue weighted by molar-refractivity contribution is 7.20. The van der Waals surface area contributed by atoms with E-state index in [9.17, 15) is 9.18 Å². The van der Waals surface area contributed by atoms with Crippen LogP contribution in [-0.4, -0.2) is 27.3 Å². The molecular weight excluding hydrogens is 415 g/mol. The molecule has 0 aliphatic heterocycles. The second-order valence-electron chi connectivity index (χ2n) is 7.64. The molecule has 0 fully saturated rings. The molecule has 0 bridgehead atoms. The van der Waals surface area contributed by atoms with Crippen molar-refractivity contribution in [2.24, 2.45) is 0 Å². The number of nitrogens with zero attached hydrogens (tertiary/aromatic N) is 3. The lowest BCUT2D eigenvalue weighted by molar-refractivity contribution is -0.118. The van der Waals surface area contributed by atoms with Crippen molar-refractivity contribution in [3.8, 4) is 10.9 Å². The first kappa shape index (κ1) is 19.7. The number of thiazole rings is 1. The number of hydrogen-bond acceptors (Lipinski definition) is 5. The van der Waals surface area contributed by atoms with Crippen LogP contribution in [0.15, 0.2) is 42.5 Å². The number of halogens is 1. The monoisotopic (exact) mass is 436 g/mol. The Morgan fingerprint density at radius 3 is 2.77 bits per heavy atom. The largest absolute Gasteiger partial charge is 0.481 e. The zero-order chi connectivity index (χ0) is 21.4. The molecule has 5 rings (SSSR count). The number of amides is 1. The van der Waals surface area contributed by atoms with Crippen molar-refractivity contribution < 1.29 is 13.9 Å². The number of nitrogens with one attached hydrogen (secondary N) is 1. The number of fused-ring (bicyclic) bond motifs is 2. The first-order valence-corrected chi connectivity index (χ1v) is 11.0. The van der Waals surface area contributed by atoms with Crippen LogP contribution in [0.1, 0.15) is 29.7 Å². The first-order valence-electron chi connectivity index (χ1n) is 10.2. The lowest BCUT2D eigenvalue weighted by Gasteiger charge is -2.14. The van der Waals surface area contributed by atoms with Crippen LogP contribution in [-0.2, 0) is 17.6 Å². The number of aromatic nitrogens is 3. The van der Waals surface area contributed by atoms with E-state index in [0.29, 0.717) is 10.9 Å². The molecule has 6 nitrogen and oxygen atoms in total. The Morgan fingerprint density at radius 1 is 1.19 bits per heavy atom. The van der Waals surface area contributed by atoms with Gasteiger partial charge in [-0.05, 0) is 68.0 Å². The van der Waals surface area contributed by atoms with Crippen LogP contribution < -0.4 is 10.1 Å². The topological polar surface area (TPSA) is 69.0 Å². The summed E-state index contributed by atoms with van der Waals surface area (Å²) in [4.78, 5) is 17.2. The van der Waals surface area contributed by atoms with E-state index in [2.05, 4.69) is 22.5 Å². The summed E-state index contributed by atoms with van der Waals surface area (Å²) in [5.74, 6) is -0.365. The van der Waals surface area contributed by atoms with Crippen LogP contribution in [0.4, 0.5) is 10.2 Å². The number of carbonyl (C=O) groups is 1. The maximum absolute atomic E-state index is 13.7. The summed E-state index contributed by atoms with van der Waals surface area (Å²) in [6.45, 7) is 1.55. The predicted octanol–water partition coefficient (Wildman–Crippen LogP) is 4.83. The molecule has 0 saturated heterocycles. The van der Waals surface area contributed by atoms with Gasteiger partial charge in [-0.25, -0.2) is 9.37 Å². The average Bonchev–Trinajstić information content (AvgIpc) is 3.33. The molecule has 2 aromatic carbocycles. The van der Waals surface area contributed by atoms with Gasteiger partial charge in [-0.3, -0.25) is 4.79 Å². The molecule has 1 aliphatic rings. The van der Waals surface area contributed by atoms with Gasteiger partial charge in [-0.1, -0.05) is 23.5 Å². The van der Waals surface area contributed by atoms with Gasteiger partial charge < -0.3 is 10.1 Å².